The van der Waals surface area contributed by atoms with Crippen molar-refractivity contribution in [3.05, 3.63) is 11.1 Å². The molecule has 2 rings (SSSR count). The minimum atomic E-state index is 0.625. The Morgan fingerprint density at radius 2 is 2.25 bits per heavy atom. The topological polar surface area (TPSA) is 31.4 Å². The third-order valence-electron chi connectivity index (χ3n) is 3.84. The fourth-order valence-corrected chi connectivity index (χ4v) is 3.51. The van der Waals surface area contributed by atoms with Gasteiger partial charge in [0.05, 0.1) is 5.69 Å². The van der Waals surface area contributed by atoms with E-state index < -0.39 is 0 Å². The first-order valence-electron chi connectivity index (χ1n) is 7.74. The van der Waals surface area contributed by atoms with Crippen molar-refractivity contribution in [3.63, 3.8) is 0 Å². The number of hydrogen-bond donors (Lipinski definition) is 1. The molecule has 114 valence electrons. The van der Waals surface area contributed by atoms with E-state index in [1.165, 1.54) is 10.8 Å². The van der Waals surface area contributed by atoms with Gasteiger partial charge >= 0.3 is 0 Å². The van der Waals surface area contributed by atoms with Crippen molar-refractivity contribution in [3.8, 4) is 0 Å². The summed E-state index contributed by atoms with van der Waals surface area (Å²) in [6.07, 6.45) is 0. The van der Waals surface area contributed by atoms with Gasteiger partial charge in [-0.05, 0) is 25.9 Å². The number of likely N-dealkylation sites (N-methyl/N-ethyl adjacent to an activating group) is 1. The average molecular weight is 296 g/mol. The molecule has 0 aliphatic carbocycles. The van der Waals surface area contributed by atoms with Crippen LogP contribution in [0.3, 0.4) is 0 Å². The molecule has 5 heteroatoms. The van der Waals surface area contributed by atoms with Gasteiger partial charge in [0.15, 0.2) is 5.13 Å². The largest absolute Gasteiger partial charge is 0.345 e. The molecule has 0 bridgehead atoms. The Morgan fingerprint density at radius 1 is 1.45 bits per heavy atom. The summed E-state index contributed by atoms with van der Waals surface area (Å²) in [6, 6.07) is 0.625. The van der Waals surface area contributed by atoms with Gasteiger partial charge in [0.25, 0.3) is 0 Å². The van der Waals surface area contributed by atoms with E-state index in [0.717, 1.165) is 39.3 Å². The Balaban J connectivity index is 1.86. The molecule has 1 fully saturated rings. The molecule has 20 heavy (non-hydrogen) atoms. The number of anilines is 1. The lowest BCUT2D eigenvalue weighted by atomic mass is 10.2. The SMILES string of the molecule is CCN1CCN(c2nc(CNCC(C)C)cs2)CC1C. The van der Waals surface area contributed by atoms with Crippen molar-refractivity contribution in [2.24, 2.45) is 5.92 Å². The second kappa shape index (κ2) is 7.38. The lowest BCUT2D eigenvalue weighted by Crippen LogP contribution is -2.51. The van der Waals surface area contributed by atoms with Crippen LogP contribution in [0.5, 0.6) is 0 Å². The van der Waals surface area contributed by atoms with E-state index in [4.69, 9.17) is 4.98 Å². The molecule has 1 aliphatic rings. The monoisotopic (exact) mass is 296 g/mol. The first-order chi connectivity index (χ1) is 9.60. The molecule has 0 spiro atoms. The zero-order valence-electron chi connectivity index (χ0n) is 13.2. The molecule has 4 nitrogen and oxygen atoms in total. The van der Waals surface area contributed by atoms with Gasteiger partial charge in [0, 0.05) is 37.6 Å². The molecule has 1 N–H and O–H groups in total. The molecule has 1 saturated heterocycles. The predicted molar refractivity (Wildman–Crippen MR) is 87.6 cm³/mol. The molecule has 1 aromatic heterocycles. The number of nitrogens with one attached hydrogen (secondary N) is 1. The third-order valence-corrected chi connectivity index (χ3v) is 4.79. The van der Waals surface area contributed by atoms with Crippen LogP contribution in [0, 0.1) is 5.92 Å². The van der Waals surface area contributed by atoms with Gasteiger partial charge in [0.1, 0.15) is 0 Å². The van der Waals surface area contributed by atoms with Crippen LogP contribution in [0.2, 0.25) is 0 Å². The normalized spacial score (nSPS) is 20.9. The van der Waals surface area contributed by atoms with Crippen LogP contribution in [-0.2, 0) is 6.54 Å². The summed E-state index contributed by atoms with van der Waals surface area (Å²) in [5.74, 6) is 0.691. The third kappa shape index (κ3) is 4.17. The number of nitrogens with zero attached hydrogens (tertiary/aromatic N) is 3. The maximum atomic E-state index is 4.78. The number of aromatic nitrogens is 1. The lowest BCUT2D eigenvalue weighted by molar-refractivity contribution is 0.199. The highest BCUT2D eigenvalue weighted by atomic mass is 32.1. The van der Waals surface area contributed by atoms with Crippen molar-refractivity contribution in [2.45, 2.75) is 40.3 Å². The van der Waals surface area contributed by atoms with Crippen LogP contribution in [0.4, 0.5) is 5.13 Å². The van der Waals surface area contributed by atoms with E-state index >= 15 is 0 Å². The van der Waals surface area contributed by atoms with Crippen molar-refractivity contribution in [2.75, 3.05) is 37.6 Å². The van der Waals surface area contributed by atoms with Crippen LogP contribution < -0.4 is 10.2 Å². The summed E-state index contributed by atoms with van der Waals surface area (Å²) in [6.45, 7) is 15.5. The Hall–Kier alpha value is -0.650. The predicted octanol–water partition coefficient (Wildman–Crippen LogP) is 2.42. The Kier molecular flexibility index (Phi) is 5.81. The Bertz CT molecular complexity index is 404. The zero-order valence-corrected chi connectivity index (χ0v) is 14.0. The van der Waals surface area contributed by atoms with Crippen LogP contribution in [0.15, 0.2) is 5.38 Å². The van der Waals surface area contributed by atoms with Gasteiger partial charge in [0.2, 0.25) is 0 Å². The quantitative estimate of drug-likeness (QED) is 0.873. The lowest BCUT2D eigenvalue weighted by Gasteiger charge is -2.39. The second-order valence-corrected chi connectivity index (χ2v) is 6.91. The van der Waals surface area contributed by atoms with Crippen LogP contribution in [-0.4, -0.2) is 48.6 Å². The molecular formula is C15H28N4S. The molecule has 1 aliphatic heterocycles. The first kappa shape index (κ1) is 15.7. The van der Waals surface area contributed by atoms with Crippen molar-refractivity contribution < 1.29 is 0 Å². The zero-order chi connectivity index (χ0) is 14.5. The van der Waals surface area contributed by atoms with Gasteiger partial charge in [-0.2, -0.15) is 0 Å². The van der Waals surface area contributed by atoms with E-state index in [2.05, 4.69) is 48.2 Å². The van der Waals surface area contributed by atoms with Gasteiger partial charge in [-0.25, -0.2) is 4.98 Å². The highest BCUT2D eigenvalue weighted by Crippen LogP contribution is 2.23. The Labute approximate surface area is 127 Å². The van der Waals surface area contributed by atoms with E-state index in [9.17, 15) is 0 Å². The number of rotatable bonds is 6. The maximum absolute atomic E-state index is 4.78. The van der Waals surface area contributed by atoms with E-state index in [1.54, 1.807) is 11.3 Å². The van der Waals surface area contributed by atoms with Crippen LogP contribution in [0.25, 0.3) is 0 Å². The number of hydrogen-bond acceptors (Lipinski definition) is 5. The molecule has 1 atom stereocenters. The van der Waals surface area contributed by atoms with Crippen molar-refractivity contribution in [1.29, 1.82) is 0 Å². The first-order valence-corrected chi connectivity index (χ1v) is 8.62. The summed E-state index contributed by atoms with van der Waals surface area (Å²) in [5, 5.41) is 6.84. The van der Waals surface area contributed by atoms with Gasteiger partial charge < -0.3 is 10.2 Å². The second-order valence-electron chi connectivity index (χ2n) is 6.07. The molecule has 0 amide bonds. The van der Waals surface area contributed by atoms with Gasteiger partial charge in [-0.1, -0.05) is 20.8 Å². The summed E-state index contributed by atoms with van der Waals surface area (Å²) >= 11 is 1.78. The highest BCUT2D eigenvalue weighted by molar-refractivity contribution is 7.13. The Morgan fingerprint density at radius 3 is 2.90 bits per heavy atom. The number of thiazole rings is 1. The summed E-state index contributed by atoms with van der Waals surface area (Å²) in [7, 11) is 0. The fraction of sp³-hybridized carbons (Fsp3) is 0.800. The van der Waals surface area contributed by atoms with Crippen molar-refractivity contribution >= 4 is 16.5 Å². The molecule has 0 radical (unpaired) electrons. The molecule has 2 heterocycles. The number of piperazine rings is 1. The standard InChI is InChI=1S/C15H28N4S/c1-5-18-6-7-19(10-13(18)4)15-17-14(11-20-15)9-16-8-12(2)3/h11-13,16H,5-10H2,1-4H3. The van der Waals surface area contributed by atoms with Crippen molar-refractivity contribution in [1.82, 2.24) is 15.2 Å². The fourth-order valence-electron chi connectivity index (χ4n) is 2.65. The van der Waals surface area contributed by atoms with Gasteiger partial charge in [-0.3, -0.25) is 4.90 Å². The smallest absolute Gasteiger partial charge is 0.185 e. The molecule has 0 aromatic carbocycles. The summed E-state index contributed by atoms with van der Waals surface area (Å²) in [4.78, 5) is 9.75. The van der Waals surface area contributed by atoms with Crippen LogP contribution in [0.1, 0.15) is 33.4 Å². The van der Waals surface area contributed by atoms with E-state index in [0.29, 0.717) is 12.0 Å². The maximum Gasteiger partial charge on any atom is 0.185 e. The molecular weight excluding hydrogens is 268 g/mol. The van der Waals surface area contributed by atoms with E-state index in [-0.39, 0.29) is 0 Å². The van der Waals surface area contributed by atoms with E-state index in [1.807, 2.05) is 0 Å². The average Bonchev–Trinajstić information content (AvgIpc) is 2.87. The molecule has 1 unspecified atom stereocenters. The molecule has 1 aromatic rings. The van der Waals surface area contributed by atoms with Crippen LogP contribution >= 0.6 is 11.3 Å². The van der Waals surface area contributed by atoms with Gasteiger partial charge in [-0.15, -0.1) is 11.3 Å². The minimum Gasteiger partial charge on any atom is -0.345 e. The highest BCUT2D eigenvalue weighted by Gasteiger charge is 2.23. The molecule has 0 saturated carbocycles. The summed E-state index contributed by atoms with van der Waals surface area (Å²) < 4.78 is 0. The summed E-state index contributed by atoms with van der Waals surface area (Å²) in [5.41, 5.74) is 1.18. The minimum absolute atomic E-state index is 0.625.